The predicted molar refractivity (Wildman–Crippen MR) is 100 cm³/mol. The Morgan fingerprint density at radius 1 is 0.958 bits per heavy atom. The minimum Gasteiger partial charge on any atom is -0.291 e. The van der Waals surface area contributed by atoms with Crippen LogP contribution in [0.4, 0.5) is 0 Å². The summed E-state index contributed by atoms with van der Waals surface area (Å²) in [7, 11) is 0. The summed E-state index contributed by atoms with van der Waals surface area (Å²) in [6, 6.07) is 0. The average molecular weight is 334 g/mol. The smallest absolute Gasteiger partial charge is 0.242 e. The molecule has 135 valence electrons. The summed E-state index contributed by atoms with van der Waals surface area (Å²) in [6.45, 7) is 2.20. The Bertz CT molecular complexity index is 411. The van der Waals surface area contributed by atoms with Crippen LogP contribution >= 0.6 is 0 Å². The van der Waals surface area contributed by atoms with Crippen LogP contribution in [0.3, 0.4) is 0 Å². The van der Waals surface area contributed by atoms with Gasteiger partial charge in [-0.05, 0) is 44.6 Å². The minimum atomic E-state index is -0.277. The number of unbranched alkanes of at least 4 members (excludes halogenated alkanes) is 7. The monoisotopic (exact) mass is 334 g/mol. The van der Waals surface area contributed by atoms with Crippen LogP contribution in [0.25, 0.3) is 0 Å². The van der Waals surface area contributed by atoms with Crippen molar-refractivity contribution in [3.8, 4) is 0 Å². The summed E-state index contributed by atoms with van der Waals surface area (Å²) in [4.78, 5) is 20.8. The first-order valence-electron chi connectivity index (χ1n) is 9.20. The molecular weight excluding hydrogens is 302 g/mol. The molecule has 0 fully saturated rings. The molecule has 0 atom stereocenters. The summed E-state index contributed by atoms with van der Waals surface area (Å²) in [6.07, 6.45) is 22.9. The summed E-state index contributed by atoms with van der Waals surface area (Å²) in [5, 5.41) is 11.0. The highest BCUT2D eigenvalue weighted by molar-refractivity contribution is 5.50. The van der Waals surface area contributed by atoms with Gasteiger partial charge in [0.25, 0.3) is 0 Å². The van der Waals surface area contributed by atoms with Crippen LogP contribution in [0.15, 0.2) is 36.1 Å². The molecule has 0 unspecified atom stereocenters. The maximum atomic E-state index is 11.0. The van der Waals surface area contributed by atoms with Crippen LogP contribution in [0, 0.1) is 10.1 Å². The van der Waals surface area contributed by atoms with E-state index in [1.807, 2.05) is 12.4 Å². The SMILES string of the molecule is CCCCC/C=C\C/C=C\C/C=C(\CCCCCC[C]=O)[N+](=O)[O-]. The van der Waals surface area contributed by atoms with E-state index in [2.05, 4.69) is 25.2 Å². The molecule has 0 bridgehead atoms. The molecule has 0 saturated carbocycles. The molecule has 1 radical (unpaired) electrons. The van der Waals surface area contributed by atoms with Gasteiger partial charge in [0, 0.05) is 12.8 Å². The topological polar surface area (TPSA) is 60.2 Å². The number of hydrogen-bond donors (Lipinski definition) is 0. The molecule has 0 aliphatic rings. The second-order valence-electron chi connectivity index (χ2n) is 5.92. The lowest BCUT2D eigenvalue weighted by atomic mass is 10.1. The molecule has 0 saturated heterocycles. The molecule has 0 aromatic carbocycles. The third-order valence-electron chi connectivity index (χ3n) is 3.77. The van der Waals surface area contributed by atoms with Crippen molar-refractivity contribution >= 4 is 6.29 Å². The molecule has 24 heavy (non-hydrogen) atoms. The number of nitro groups is 1. The van der Waals surface area contributed by atoms with Gasteiger partial charge in [0.1, 0.15) is 0 Å². The van der Waals surface area contributed by atoms with E-state index in [0.29, 0.717) is 25.0 Å². The Balaban J connectivity index is 3.88. The first-order chi connectivity index (χ1) is 11.7. The average Bonchev–Trinajstić information content (AvgIpc) is 2.57. The third-order valence-corrected chi connectivity index (χ3v) is 3.77. The van der Waals surface area contributed by atoms with Crippen LogP contribution in [0.2, 0.25) is 0 Å². The molecular formula is C20H32NO3. The fourth-order valence-corrected chi connectivity index (χ4v) is 2.33. The van der Waals surface area contributed by atoms with Gasteiger partial charge in [-0.15, -0.1) is 0 Å². The Kier molecular flexibility index (Phi) is 16.4. The fraction of sp³-hybridized carbons (Fsp3) is 0.650. The number of hydrogen-bond acceptors (Lipinski definition) is 3. The van der Waals surface area contributed by atoms with Gasteiger partial charge in [-0.25, -0.2) is 0 Å². The quantitative estimate of drug-likeness (QED) is 0.149. The molecule has 0 aliphatic carbocycles. The zero-order valence-corrected chi connectivity index (χ0v) is 15.0. The molecule has 0 aromatic heterocycles. The lowest BCUT2D eigenvalue weighted by molar-refractivity contribution is -0.428. The van der Waals surface area contributed by atoms with Gasteiger partial charge in [-0.3, -0.25) is 14.9 Å². The van der Waals surface area contributed by atoms with Crippen LogP contribution in [-0.4, -0.2) is 11.2 Å². The van der Waals surface area contributed by atoms with Gasteiger partial charge in [-0.2, -0.15) is 0 Å². The molecule has 0 aromatic rings. The number of carbonyl (C=O) groups excluding carboxylic acids is 1. The Morgan fingerprint density at radius 2 is 1.67 bits per heavy atom. The van der Waals surface area contributed by atoms with Gasteiger partial charge in [0.05, 0.1) is 4.92 Å². The summed E-state index contributed by atoms with van der Waals surface area (Å²) in [5.41, 5.74) is 0.303. The zero-order chi connectivity index (χ0) is 17.9. The Hall–Kier alpha value is -1.71. The van der Waals surface area contributed by atoms with Crippen molar-refractivity contribution in [2.75, 3.05) is 0 Å². The zero-order valence-electron chi connectivity index (χ0n) is 15.0. The summed E-state index contributed by atoms with van der Waals surface area (Å²) >= 11 is 0. The second kappa shape index (κ2) is 17.6. The van der Waals surface area contributed by atoms with Gasteiger partial charge in [-0.1, -0.05) is 56.9 Å². The number of allylic oxidation sites excluding steroid dienone is 6. The maximum absolute atomic E-state index is 11.0. The van der Waals surface area contributed by atoms with E-state index in [9.17, 15) is 14.9 Å². The van der Waals surface area contributed by atoms with Gasteiger partial charge in [0.2, 0.25) is 5.70 Å². The number of rotatable bonds is 16. The fourth-order valence-electron chi connectivity index (χ4n) is 2.33. The maximum Gasteiger partial charge on any atom is 0.242 e. The summed E-state index contributed by atoms with van der Waals surface area (Å²) in [5.74, 6) is 0. The predicted octanol–water partition coefficient (Wildman–Crippen LogP) is 6.07. The van der Waals surface area contributed by atoms with Gasteiger partial charge >= 0.3 is 0 Å². The second-order valence-corrected chi connectivity index (χ2v) is 5.92. The molecule has 0 aliphatic heterocycles. The van der Waals surface area contributed by atoms with Crippen LogP contribution in [-0.2, 0) is 4.79 Å². The lowest BCUT2D eigenvalue weighted by Crippen LogP contribution is -1.98. The minimum absolute atomic E-state index is 0.277. The van der Waals surface area contributed by atoms with Crippen molar-refractivity contribution in [1.82, 2.24) is 0 Å². The molecule has 0 N–H and O–H groups in total. The largest absolute Gasteiger partial charge is 0.291 e. The standard InChI is InChI=1S/C20H32NO3/c1-2-3-4-5-6-7-8-9-11-14-17-20(21(23)24)18-15-12-10-13-16-19-22/h6-7,9,11,17H,2-5,8,10,12-16,18H2,1H3/b7-6-,11-9-,20-17+. The molecule has 0 spiro atoms. The summed E-state index contributed by atoms with van der Waals surface area (Å²) < 4.78 is 0. The van der Waals surface area contributed by atoms with Crippen molar-refractivity contribution in [2.24, 2.45) is 0 Å². The lowest BCUT2D eigenvalue weighted by Gasteiger charge is -1.99. The Morgan fingerprint density at radius 3 is 2.38 bits per heavy atom. The third kappa shape index (κ3) is 15.2. The molecule has 0 amide bonds. The van der Waals surface area contributed by atoms with E-state index < -0.39 is 0 Å². The van der Waals surface area contributed by atoms with Gasteiger partial charge in [0.15, 0.2) is 6.29 Å². The van der Waals surface area contributed by atoms with Crippen molar-refractivity contribution < 1.29 is 9.72 Å². The highest BCUT2D eigenvalue weighted by Gasteiger charge is 2.08. The Labute approximate surface area is 146 Å². The van der Waals surface area contributed by atoms with E-state index in [4.69, 9.17) is 0 Å². The van der Waals surface area contributed by atoms with E-state index in [1.165, 1.54) is 19.3 Å². The number of nitrogens with zero attached hydrogens (tertiary/aromatic N) is 1. The van der Waals surface area contributed by atoms with E-state index >= 15 is 0 Å². The van der Waals surface area contributed by atoms with Gasteiger partial charge < -0.3 is 0 Å². The highest BCUT2D eigenvalue weighted by atomic mass is 16.6. The first kappa shape index (κ1) is 22.3. The normalized spacial score (nSPS) is 12.3. The molecule has 4 heteroatoms. The first-order valence-corrected chi connectivity index (χ1v) is 9.20. The molecule has 0 heterocycles. The highest BCUT2D eigenvalue weighted by Crippen LogP contribution is 2.12. The van der Waals surface area contributed by atoms with Crippen molar-refractivity contribution in [1.29, 1.82) is 0 Å². The van der Waals surface area contributed by atoms with E-state index in [1.54, 1.807) is 6.08 Å². The molecule has 4 nitrogen and oxygen atoms in total. The van der Waals surface area contributed by atoms with E-state index in [0.717, 1.165) is 38.5 Å². The van der Waals surface area contributed by atoms with Crippen molar-refractivity contribution in [3.63, 3.8) is 0 Å². The van der Waals surface area contributed by atoms with Crippen LogP contribution in [0.1, 0.15) is 84.0 Å². The van der Waals surface area contributed by atoms with Crippen LogP contribution < -0.4 is 0 Å². The van der Waals surface area contributed by atoms with Crippen LogP contribution in [0.5, 0.6) is 0 Å². The van der Waals surface area contributed by atoms with E-state index in [-0.39, 0.29) is 4.92 Å². The van der Waals surface area contributed by atoms with Crippen molar-refractivity contribution in [3.05, 3.63) is 46.2 Å². The van der Waals surface area contributed by atoms with Crippen molar-refractivity contribution in [2.45, 2.75) is 84.0 Å². The molecule has 0 rings (SSSR count).